The highest BCUT2D eigenvalue weighted by Gasteiger charge is 2.20. The molecule has 3 aromatic rings. The Morgan fingerprint density at radius 1 is 1.22 bits per heavy atom. The van der Waals surface area contributed by atoms with Crippen LogP contribution in [0.15, 0.2) is 77.9 Å². The second kappa shape index (κ2) is 11.2. The maximum atomic E-state index is 12.9. The molecule has 1 aromatic heterocycles. The SMILES string of the molecule is CN(C(=O)NCc1ccccc1)c1ccc(-c2cnc(C3=CCC(C)(N)C=C3)s2)c(SNC(C)(C)C)c1. The molecule has 1 heterocycles. The lowest BCUT2D eigenvalue weighted by Gasteiger charge is -2.23. The minimum absolute atomic E-state index is 0.0810. The van der Waals surface area contributed by atoms with E-state index in [0.29, 0.717) is 6.54 Å². The Bertz CT molecular complexity index is 1310. The van der Waals surface area contributed by atoms with Gasteiger partial charge in [0.25, 0.3) is 0 Å². The lowest BCUT2D eigenvalue weighted by molar-refractivity contribution is 0.247. The summed E-state index contributed by atoms with van der Waals surface area (Å²) in [6, 6.07) is 15.9. The minimum atomic E-state index is -0.304. The van der Waals surface area contributed by atoms with Crippen molar-refractivity contribution in [3.8, 4) is 10.4 Å². The molecule has 0 fully saturated rings. The van der Waals surface area contributed by atoms with Gasteiger partial charge < -0.3 is 11.1 Å². The van der Waals surface area contributed by atoms with E-state index in [-0.39, 0.29) is 17.1 Å². The fourth-order valence-electron chi connectivity index (χ4n) is 3.66. The van der Waals surface area contributed by atoms with Crippen molar-refractivity contribution >= 4 is 40.6 Å². The summed E-state index contributed by atoms with van der Waals surface area (Å²) in [6.45, 7) is 8.89. The van der Waals surface area contributed by atoms with Crippen molar-refractivity contribution in [3.63, 3.8) is 0 Å². The number of aromatic nitrogens is 1. The van der Waals surface area contributed by atoms with Crippen molar-refractivity contribution in [1.29, 1.82) is 0 Å². The summed E-state index contributed by atoms with van der Waals surface area (Å²) < 4.78 is 3.51. The van der Waals surface area contributed by atoms with Crippen molar-refractivity contribution < 1.29 is 4.79 Å². The Morgan fingerprint density at radius 3 is 2.65 bits per heavy atom. The summed E-state index contributed by atoms with van der Waals surface area (Å²) in [5, 5.41) is 3.97. The molecule has 4 rings (SSSR count). The molecule has 1 aliphatic carbocycles. The van der Waals surface area contributed by atoms with Crippen LogP contribution in [0.3, 0.4) is 0 Å². The smallest absolute Gasteiger partial charge is 0.321 e. The van der Waals surface area contributed by atoms with Crippen molar-refractivity contribution in [2.24, 2.45) is 5.73 Å². The quantitative estimate of drug-likeness (QED) is 0.298. The Labute approximate surface area is 228 Å². The molecule has 0 spiro atoms. The van der Waals surface area contributed by atoms with Gasteiger partial charge in [-0.1, -0.05) is 54.6 Å². The van der Waals surface area contributed by atoms with E-state index in [1.54, 1.807) is 35.2 Å². The van der Waals surface area contributed by atoms with Gasteiger partial charge in [-0.3, -0.25) is 9.62 Å². The molecular formula is C29H35N5OS2. The molecular weight excluding hydrogens is 498 g/mol. The summed E-state index contributed by atoms with van der Waals surface area (Å²) >= 11 is 3.23. The highest BCUT2D eigenvalue weighted by Crippen LogP contribution is 2.39. The van der Waals surface area contributed by atoms with Crippen LogP contribution in [0.5, 0.6) is 0 Å². The number of anilines is 1. The predicted molar refractivity (Wildman–Crippen MR) is 158 cm³/mol. The van der Waals surface area contributed by atoms with Crippen molar-refractivity contribution in [1.82, 2.24) is 15.0 Å². The molecule has 0 saturated carbocycles. The fourth-order valence-corrected chi connectivity index (χ4v) is 5.59. The molecule has 0 aliphatic heterocycles. The topological polar surface area (TPSA) is 83.3 Å². The van der Waals surface area contributed by atoms with Crippen LogP contribution in [0.2, 0.25) is 0 Å². The fraction of sp³-hybridized carbons (Fsp3) is 0.310. The van der Waals surface area contributed by atoms with E-state index in [1.165, 1.54) is 0 Å². The first-order chi connectivity index (χ1) is 17.5. The Hall–Kier alpha value is -2.91. The predicted octanol–water partition coefficient (Wildman–Crippen LogP) is 6.61. The molecule has 0 saturated heterocycles. The second-order valence-electron chi connectivity index (χ2n) is 10.6. The number of nitrogens with two attached hydrogens (primary N) is 1. The second-order valence-corrected chi connectivity index (χ2v) is 12.4. The molecule has 1 atom stereocenters. The van der Waals surface area contributed by atoms with E-state index in [0.717, 1.165) is 43.6 Å². The van der Waals surface area contributed by atoms with Gasteiger partial charge >= 0.3 is 6.03 Å². The largest absolute Gasteiger partial charge is 0.334 e. The van der Waals surface area contributed by atoms with Crippen molar-refractivity contribution in [2.45, 2.75) is 56.6 Å². The molecule has 37 heavy (non-hydrogen) atoms. The van der Waals surface area contributed by atoms with Gasteiger partial charge in [0.1, 0.15) is 5.01 Å². The number of nitrogens with zero attached hydrogens (tertiary/aromatic N) is 2. The third kappa shape index (κ3) is 7.32. The number of hydrogen-bond acceptors (Lipinski definition) is 6. The summed E-state index contributed by atoms with van der Waals surface area (Å²) in [5.74, 6) is 0. The first-order valence-corrected chi connectivity index (χ1v) is 13.9. The van der Waals surface area contributed by atoms with E-state index in [1.807, 2.05) is 55.6 Å². The molecule has 8 heteroatoms. The van der Waals surface area contributed by atoms with Crippen LogP contribution in [-0.4, -0.2) is 29.1 Å². The summed E-state index contributed by atoms with van der Waals surface area (Å²) in [7, 11) is 1.79. The van der Waals surface area contributed by atoms with Gasteiger partial charge in [-0.05, 0) is 63.8 Å². The summed E-state index contributed by atoms with van der Waals surface area (Å²) in [6.07, 6.45) is 8.99. The van der Waals surface area contributed by atoms with E-state index in [4.69, 9.17) is 10.7 Å². The molecule has 0 bridgehead atoms. The lowest BCUT2D eigenvalue weighted by Crippen LogP contribution is -2.36. The number of benzene rings is 2. The zero-order valence-corrected chi connectivity index (χ0v) is 23.7. The number of allylic oxidation sites excluding steroid dienone is 2. The van der Waals surface area contributed by atoms with Crippen LogP contribution in [0, 0.1) is 0 Å². The number of carbonyl (C=O) groups is 1. The molecule has 4 N–H and O–H groups in total. The van der Waals surface area contributed by atoms with Gasteiger partial charge in [0.2, 0.25) is 0 Å². The molecule has 6 nitrogen and oxygen atoms in total. The number of rotatable bonds is 7. The zero-order valence-electron chi connectivity index (χ0n) is 22.0. The number of thiazole rings is 1. The number of amides is 2. The van der Waals surface area contributed by atoms with Gasteiger partial charge in [0.15, 0.2) is 0 Å². The Balaban J connectivity index is 1.57. The number of carbonyl (C=O) groups excluding carboxylic acids is 1. The highest BCUT2D eigenvalue weighted by molar-refractivity contribution is 7.97. The monoisotopic (exact) mass is 533 g/mol. The summed E-state index contributed by atoms with van der Waals surface area (Å²) in [5.41, 5.74) is 9.90. The number of urea groups is 1. The summed E-state index contributed by atoms with van der Waals surface area (Å²) in [4.78, 5) is 21.4. The molecule has 2 aromatic carbocycles. The number of hydrogen-bond donors (Lipinski definition) is 3. The third-order valence-corrected chi connectivity index (χ3v) is 8.19. The maximum absolute atomic E-state index is 12.9. The van der Waals surface area contributed by atoms with Gasteiger partial charge in [0.05, 0.1) is 4.88 Å². The van der Waals surface area contributed by atoms with Crippen LogP contribution in [0.25, 0.3) is 16.0 Å². The average Bonchev–Trinajstić information content (AvgIpc) is 3.35. The zero-order chi connectivity index (χ0) is 26.6. The van der Waals surface area contributed by atoms with E-state index < -0.39 is 0 Å². The average molecular weight is 534 g/mol. The van der Waals surface area contributed by atoms with Crippen LogP contribution >= 0.6 is 23.3 Å². The van der Waals surface area contributed by atoms with E-state index >= 15 is 0 Å². The molecule has 194 valence electrons. The van der Waals surface area contributed by atoms with E-state index in [9.17, 15) is 4.79 Å². The first kappa shape index (κ1) is 27.1. The molecule has 0 radical (unpaired) electrons. The number of nitrogens with one attached hydrogen (secondary N) is 2. The van der Waals surface area contributed by atoms with Gasteiger partial charge in [0, 0.05) is 52.6 Å². The maximum Gasteiger partial charge on any atom is 0.321 e. The van der Waals surface area contributed by atoms with E-state index in [2.05, 4.69) is 55.1 Å². The van der Waals surface area contributed by atoms with Gasteiger partial charge in [-0.15, -0.1) is 11.3 Å². The molecule has 2 amide bonds. The van der Waals surface area contributed by atoms with Crippen LogP contribution < -0.4 is 20.7 Å². The van der Waals surface area contributed by atoms with Crippen LogP contribution in [0.4, 0.5) is 10.5 Å². The lowest BCUT2D eigenvalue weighted by atomic mass is 9.92. The molecule has 1 unspecified atom stereocenters. The van der Waals surface area contributed by atoms with Crippen LogP contribution in [0.1, 0.15) is 44.7 Å². The standard InChI is InChI=1S/C29H35N5OS2/c1-28(2,3)33-37-24-17-22(34(5)27(35)32-18-20-9-7-6-8-10-20)11-12-23(24)25-19-31-26(36-25)21-13-15-29(4,30)16-14-21/h6-15,17,19,33H,16,18,30H2,1-5H3,(H,32,35). The highest BCUT2D eigenvalue weighted by atomic mass is 32.2. The Kier molecular flexibility index (Phi) is 8.23. The van der Waals surface area contributed by atoms with Gasteiger partial charge in [-0.2, -0.15) is 0 Å². The third-order valence-electron chi connectivity index (χ3n) is 5.83. The van der Waals surface area contributed by atoms with Crippen molar-refractivity contribution in [3.05, 3.63) is 83.5 Å². The normalized spacial score (nSPS) is 17.4. The first-order valence-electron chi connectivity index (χ1n) is 12.3. The van der Waals surface area contributed by atoms with Crippen molar-refractivity contribution in [2.75, 3.05) is 11.9 Å². The Morgan fingerprint density at radius 2 is 1.97 bits per heavy atom. The van der Waals surface area contributed by atoms with Crippen LogP contribution in [-0.2, 0) is 6.54 Å². The van der Waals surface area contributed by atoms with Gasteiger partial charge in [-0.25, -0.2) is 9.78 Å². The minimum Gasteiger partial charge on any atom is -0.334 e. The molecule has 1 aliphatic rings.